The summed E-state index contributed by atoms with van der Waals surface area (Å²) in [5.74, 6) is 0.609. The Hall–Kier alpha value is -2.18. The third-order valence-corrected chi connectivity index (χ3v) is 4.42. The molecule has 0 aromatic carbocycles. The van der Waals surface area contributed by atoms with Crippen LogP contribution in [0.25, 0.3) is 0 Å². The summed E-state index contributed by atoms with van der Waals surface area (Å²) in [4.78, 5) is 14.4. The maximum absolute atomic E-state index is 12.5. The smallest absolute Gasteiger partial charge is 0.276 e. The SMILES string of the molecule is Cc1n[nH]nc1C(=O)N1CCc2[nH]nc(C3CC3)c2CC1. The molecular weight excluding hydrogens is 268 g/mol. The molecule has 3 heterocycles. The van der Waals surface area contributed by atoms with Crippen molar-refractivity contribution in [1.29, 1.82) is 0 Å². The average molecular weight is 286 g/mol. The summed E-state index contributed by atoms with van der Waals surface area (Å²) in [7, 11) is 0. The van der Waals surface area contributed by atoms with Crippen molar-refractivity contribution in [1.82, 2.24) is 30.5 Å². The summed E-state index contributed by atoms with van der Waals surface area (Å²) in [6, 6.07) is 0. The lowest BCUT2D eigenvalue weighted by Gasteiger charge is -2.19. The molecule has 1 fully saturated rings. The predicted molar refractivity (Wildman–Crippen MR) is 75.0 cm³/mol. The second-order valence-electron chi connectivity index (χ2n) is 5.89. The molecule has 1 aliphatic carbocycles. The van der Waals surface area contributed by atoms with E-state index in [-0.39, 0.29) is 5.91 Å². The molecule has 1 aliphatic heterocycles. The number of aromatic amines is 2. The number of hydrogen-bond donors (Lipinski definition) is 2. The van der Waals surface area contributed by atoms with Crippen molar-refractivity contribution in [3.8, 4) is 0 Å². The summed E-state index contributed by atoms with van der Waals surface area (Å²) in [6.45, 7) is 3.22. The van der Waals surface area contributed by atoms with Crippen LogP contribution >= 0.6 is 0 Å². The van der Waals surface area contributed by atoms with Gasteiger partial charge in [-0.05, 0) is 31.7 Å². The predicted octanol–water partition coefficient (Wildman–Crippen LogP) is 0.955. The molecular formula is C14H18N6O. The van der Waals surface area contributed by atoms with Gasteiger partial charge in [-0.25, -0.2) is 0 Å². The molecule has 1 amide bonds. The van der Waals surface area contributed by atoms with E-state index in [2.05, 4.69) is 25.6 Å². The van der Waals surface area contributed by atoms with Gasteiger partial charge in [0.2, 0.25) is 0 Å². The molecule has 110 valence electrons. The van der Waals surface area contributed by atoms with Gasteiger partial charge in [-0.1, -0.05) is 0 Å². The van der Waals surface area contributed by atoms with Gasteiger partial charge >= 0.3 is 0 Å². The maximum atomic E-state index is 12.5. The Bertz CT molecular complexity index is 683. The van der Waals surface area contributed by atoms with Crippen LogP contribution in [0.4, 0.5) is 0 Å². The van der Waals surface area contributed by atoms with Gasteiger partial charge in [0.25, 0.3) is 5.91 Å². The lowest BCUT2D eigenvalue weighted by molar-refractivity contribution is 0.0756. The highest BCUT2D eigenvalue weighted by atomic mass is 16.2. The van der Waals surface area contributed by atoms with E-state index in [0.29, 0.717) is 23.9 Å². The Morgan fingerprint density at radius 2 is 2.00 bits per heavy atom. The van der Waals surface area contributed by atoms with Crippen LogP contribution in [-0.4, -0.2) is 49.5 Å². The Labute approximate surface area is 122 Å². The first-order valence-corrected chi connectivity index (χ1v) is 7.46. The van der Waals surface area contributed by atoms with Crippen LogP contribution in [0.2, 0.25) is 0 Å². The minimum Gasteiger partial charge on any atom is -0.336 e. The van der Waals surface area contributed by atoms with Crippen LogP contribution in [0.5, 0.6) is 0 Å². The molecule has 2 aliphatic rings. The van der Waals surface area contributed by atoms with Gasteiger partial charge in [0.15, 0.2) is 5.69 Å². The van der Waals surface area contributed by atoms with Crippen LogP contribution in [0.3, 0.4) is 0 Å². The van der Waals surface area contributed by atoms with Crippen molar-refractivity contribution >= 4 is 5.91 Å². The number of fused-ring (bicyclic) bond motifs is 1. The monoisotopic (exact) mass is 286 g/mol. The number of nitrogens with zero attached hydrogens (tertiary/aromatic N) is 4. The molecule has 2 aromatic heterocycles. The van der Waals surface area contributed by atoms with E-state index in [0.717, 1.165) is 19.4 Å². The van der Waals surface area contributed by atoms with E-state index in [4.69, 9.17) is 0 Å². The van der Waals surface area contributed by atoms with Crippen molar-refractivity contribution < 1.29 is 4.79 Å². The lowest BCUT2D eigenvalue weighted by atomic mass is 10.1. The number of amides is 1. The molecule has 7 heteroatoms. The lowest BCUT2D eigenvalue weighted by Crippen LogP contribution is -2.34. The summed E-state index contributed by atoms with van der Waals surface area (Å²) in [5.41, 5.74) is 4.86. The Balaban J connectivity index is 1.54. The topological polar surface area (TPSA) is 90.6 Å². The standard InChI is InChI=1S/C14H18N6O/c1-8-12(18-19-15-8)14(21)20-6-4-10-11(5-7-20)16-17-13(10)9-2-3-9/h9H,2-7H2,1H3,(H,16,17)(H,15,18,19). The fourth-order valence-corrected chi connectivity index (χ4v) is 3.04. The number of H-pyrrole nitrogens is 2. The van der Waals surface area contributed by atoms with Gasteiger partial charge in [0, 0.05) is 31.1 Å². The summed E-state index contributed by atoms with van der Waals surface area (Å²) < 4.78 is 0. The van der Waals surface area contributed by atoms with Gasteiger partial charge in [-0.3, -0.25) is 9.89 Å². The third kappa shape index (κ3) is 2.12. The molecule has 7 nitrogen and oxygen atoms in total. The fraction of sp³-hybridized carbons (Fsp3) is 0.571. The highest BCUT2D eigenvalue weighted by Gasteiger charge is 2.32. The maximum Gasteiger partial charge on any atom is 0.276 e. The largest absolute Gasteiger partial charge is 0.336 e. The Morgan fingerprint density at radius 3 is 2.71 bits per heavy atom. The Morgan fingerprint density at radius 1 is 1.19 bits per heavy atom. The molecule has 21 heavy (non-hydrogen) atoms. The fourth-order valence-electron chi connectivity index (χ4n) is 3.04. The quantitative estimate of drug-likeness (QED) is 0.860. The molecule has 0 atom stereocenters. The van der Waals surface area contributed by atoms with Gasteiger partial charge in [0.05, 0.1) is 11.4 Å². The van der Waals surface area contributed by atoms with Gasteiger partial charge in [0.1, 0.15) is 0 Å². The van der Waals surface area contributed by atoms with E-state index in [1.54, 1.807) is 6.92 Å². The number of aryl methyl sites for hydroxylation is 1. The number of rotatable bonds is 2. The van der Waals surface area contributed by atoms with Gasteiger partial charge in [-0.15, -0.1) is 0 Å². The number of aromatic nitrogens is 5. The molecule has 0 bridgehead atoms. The van der Waals surface area contributed by atoms with E-state index in [1.165, 1.54) is 29.8 Å². The number of carbonyl (C=O) groups excluding carboxylic acids is 1. The highest BCUT2D eigenvalue weighted by molar-refractivity contribution is 5.93. The normalized spacial score (nSPS) is 18.4. The van der Waals surface area contributed by atoms with Crippen LogP contribution < -0.4 is 0 Å². The minimum absolute atomic E-state index is 0.0349. The van der Waals surface area contributed by atoms with Crippen LogP contribution in [0.1, 0.15) is 51.9 Å². The van der Waals surface area contributed by atoms with Gasteiger partial charge in [-0.2, -0.15) is 20.5 Å². The summed E-state index contributed by atoms with van der Waals surface area (Å²) >= 11 is 0. The van der Waals surface area contributed by atoms with E-state index >= 15 is 0 Å². The molecule has 2 aromatic rings. The van der Waals surface area contributed by atoms with E-state index < -0.39 is 0 Å². The second kappa shape index (κ2) is 4.68. The first-order valence-electron chi connectivity index (χ1n) is 7.46. The van der Waals surface area contributed by atoms with Crippen molar-refractivity contribution in [3.05, 3.63) is 28.3 Å². The first-order chi connectivity index (χ1) is 10.2. The van der Waals surface area contributed by atoms with Crippen molar-refractivity contribution in [2.75, 3.05) is 13.1 Å². The number of nitrogens with one attached hydrogen (secondary N) is 2. The molecule has 0 spiro atoms. The zero-order chi connectivity index (χ0) is 14.4. The average Bonchev–Trinajstić information content (AvgIpc) is 3.18. The zero-order valence-electron chi connectivity index (χ0n) is 12.0. The second-order valence-corrected chi connectivity index (χ2v) is 5.89. The molecule has 1 saturated carbocycles. The molecule has 4 rings (SSSR count). The first kappa shape index (κ1) is 12.6. The summed E-state index contributed by atoms with van der Waals surface area (Å²) in [6.07, 6.45) is 4.20. The number of carbonyl (C=O) groups is 1. The zero-order valence-corrected chi connectivity index (χ0v) is 12.0. The Kier molecular flexibility index (Phi) is 2.80. The van der Waals surface area contributed by atoms with E-state index in [1.807, 2.05) is 4.90 Å². The van der Waals surface area contributed by atoms with Crippen molar-refractivity contribution in [2.45, 2.75) is 38.5 Å². The van der Waals surface area contributed by atoms with Crippen LogP contribution in [-0.2, 0) is 12.8 Å². The van der Waals surface area contributed by atoms with Crippen LogP contribution in [0.15, 0.2) is 0 Å². The molecule has 2 N–H and O–H groups in total. The molecule has 0 unspecified atom stereocenters. The molecule has 0 saturated heterocycles. The number of hydrogen-bond acceptors (Lipinski definition) is 4. The van der Waals surface area contributed by atoms with Crippen molar-refractivity contribution in [3.63, 3.8) is 0 Å². The third-order valence-electron chi connectivity index (χ3n) is 4.42. The molecule has 0 radical (unpaired) electrons. The summed E-state index contributed by atoms with van der Waals surface area (Å²) in [5, 5.41) is 18.1. The van der Waals surface area contributed by atoms with Crippen LogP contribution in [0, 0.1) is 6.92 Å². The van der Waals surface area contributed by atoms with E-state index in [9.17, 15) is 4.79 Å². The minimum atomic E-state index is -0.0349. The highest BCUT2D eigenvalue weighted by Crippen LogP contribution is 2.41. The van der Waals surface area contributed by atoms with Gasteiger partial charge < -0.3 is 4.90 Å². The van der Waals surface area contributed by atoms with Crippen molar-refractivity contribution in [2.24, 2.45) is 0 Å².